The highest BCUT2D eigenvalue weighted by Crippen LogP contribution is 2.35. The summed E-state index contributed by atoms with van der Waals surface area (Å²) in [4.78, 5) is 52.7. The van der Waals surface area contributed by atoms with Gasteiger partial charge in [0.05, 0.1) is 34.4 Å². The number of ether oxygens (including phenoxy) is 1. The molecule has 3 aliphatic rings. The Morgan fingerprint density at radius 2 is 1.87 bits per heavy atom. The number of H-pyrrole nitrogens is 1. The molecule has 1 saturated heterocycles. The predicted octanol–water partition coefficient (Wildman–Crippen LogP) is 4.65. The van der Waals surface area contributed by atoms with Gasteiger partial charge in [-0.15, -0.1) is 5.10 Å². The number of unbranched alkanes of at least 4 members (excludes halogenated alkanes) is 2. The molecule has 0 saturated carbocycles. The Morgan fingerprint density at radius 3 is 2.70 bits per heavy atom. The minimum absolute atomic E-state index is 0.0920. The van der Waals surface area contributed by atoms with E-state index >= 15 is 0 Å². The van der Waals surface area contributed by atoms with Crippen molar-refractivity contribution in [3.05, 3.63) is 116 Å². The van der Waals surface area contributed by atoms with Gasteiger partial charge in [-0.05, 0) is 55.4 Å². The maximum atomic E-state index is 13.4. The molecular formula is C40H38N7O5S+. The zero-order chi connectivity index (χ0) is 36.6. The first-order valence-corrected chi connectivity index (χ1v) is 18.7. The van der Waals surface area contributed by atoms with Crippen LogP contribution in [-0.2, 0) is 40.3 Å². The van der Waals surface area contributed by atoms with Gasteiger partial charge in [0.25, 0.3) is 11.8 Å². The highest BCUT2D eigenvalue weighted by Gasteiger charge is 2.45. The largest absolute Gasteiger partial charge is 0.362 e. The van der Waals surface area contributed by atoms with Gasteiger partial charge in [0.2, 0.25) is 17.6 Å². The van der Waals surface area contributed by atoms with E-state index in [1.165, 1.54) is 11.1 Å². The Bertz CT molecular complexity index is 2330. The first-order valence-electron chi connectivity index (χ1n) is 17.9. The monoisotopic (exact) mass is 728 g/mol. The van der Waals surface area contributed by atoms with Crippen molar-refractivity contribution < 1.29 is 28.5 Å². The quantitative estimate of drug-likeness (QED) is 0.0974. The molecule has 2 N–H and O–H groups in total. The van der Waals surface area contributed by atoms with Crippen molar-refractivity contribution in [2.45, 2.75) is 84.1 Å². The average molecular weight is 729 g/mol. The third-order valence-electron chi connectivity index (χ3n) is 10.1. The zero-order valence-corrected chi connectivity index (χ0v) is 30.3. The van der Waals surface area contributed by atoms with Crippen molar-refractivity contribution in [2.75, 3.05) is 0 Å². The van der Waals surface area contributed by atoms with E-state index in [9.17, 15) is 19.2 Å². The Labute approximate surface area is 310 Å². The van der Waals surface area contributed by atoms with Crippen molar-refractivity contribution in [1.82, 2.24) is 30.2 Å². The van der Waals surface area contributed by atoms with Crippen LogP contribution in [0.15, 0.2) is 60.9 Å². The van der Waals surface area contributed by atoms with E-state index in [-0.39, 0.29) is 18.9 Å². The summed E-state index contributed by atoms with van der Waals surface area (Å²) < 4.78 is 10.3. The number of fused-ring (bicyclic) bond motifs is 4. The van der Waals surface area contributed by atoms with Gasteiger partial charge >= 0.3 is 5.82 Å². The highest BCUT2D eigenvalue weighted by atomic mass is 32.1. The molecule has 3 aliphatic heterocycles. The van der Waals surface area contributed by atoms with Gasteiger partial charge in [0, 0.05) is 43.2 Å². The van der Waals surface area contributed by atoms with E-state index in [2.05, 4.69) is 61.3 Å². The number of carbonyl (C=O) groups is 4. The lowest BCUT2D eigenvalue weighted by Crippen LogP contribution is -2.54. The summed E-state index contributed by atoms with van der Waals surface area (Å²) in [6, 6.07) is 14.7. The van der Waals surface area contributed by atoms with Crippen LogP contribution in [0.25, 0.3) is 5.00 Å². The van der Waals surface area contributed by atoms with Gasteiger partial charge in [-0.3, -0.25) is 34.1 Å². The molecule has 53 heavy (non-hydrogen) atoms. The number of benzene rings is 2. The van der Waals surface area contributed by atoms with Crippen LogP contribution in [0.3, 0.4) is 0 Å². The summed E-state index contributed by atoms with van der Waals surface area (Å²) in [6.07, 6.45) is 7.80. The summed E-state index contributed by atoms with van der Waals surface area (Å²) in [5.41, 5.74) is 5.83. The lowest BCUT2D eigenvalue weighted by molar-refractivity contribution is -0.610. The lowest BCUT2D eigenvalue weighted by atomic mass is 9.98. The number of amides is 4. The van der Waals surface area contributed by atoms with E-state index in [1.54, 1.807) is 29.7 Å². The minimum Gasteiger partial charge on any atom is -0.362 e. The first-order chi connectivity index (χ1) is 25.8. The molecule has 0 bridgehead atoms. The second-order valence-electron chi connectivity index (χ2n) is 13.7. The fraction of sp³-hybridized carbons (Fsp3) is 0.325. The summed E-state index contributed by atoms with van der Waals surface area (Å²) in [5.74, 6) is 6.68. The molecule has 1 unspecified atom stereocenters. The number of thiophene rings is 1. The number of aromatic nitrogens is 5. The molecule has 3 aromatic heterocycles. The summed E-state index contributed by atoms with van der Waals surface area (Å²) in [7, 11) is 0. The molecule has 13 heteroatoms. The van der Waals surface area contributed by atoms with E-state index in [0.29, 0.717) is 24.2 Å². The maximum absolute atomic E-state index is 13.4. The molecule has 0 spiro atoms. The normalized spacial score (nSPS) is 17.9. The molecule has 2 aromatic carbocycles. The average Bonchev–Trinajstić information content (AvgIpc) is 3.89. The number of piperidine rings is 1. The predicted molar refractivity (Wildman–Crippen MR) is 194 cm³/mol. The van der Waals surface area contributed by atoms with Gasteiger partial charge in [0.15, 0.2) is 5.00 Å². The van der Waals surface area contributed by atoms with Crippen LogP contribution < -0.4 is 9.88 Å². The van der Waals surface area contributed by atoms with E-state index in [0.717, 1.165) is 75.3 Å². The van der Waals surface area contributed by atoms with Crippen LogP contribution in [-0.4, -0.2) is 54.5 Å². The fourth-order valence-electron chi connectivity index (χ4n) is 7.36. The zero-order valence-electron chi connectivity index (χ0n) is 29.5. The number of imide groups is 2. The molecule has 6 heterocycles. The molecule has 268 valence electrons. The SMILES string of the molecule is Cc1[nH]nc2[n+]1-c1sc(C#Cc3cnn(CCCCCc4cccc5c4C(=O)N(C4CCC(=O)NC4=O)C5=O)c3)c(Cc3ccccc3)c1CO[C@H]2C. The molecular weight excluding hydrogens is 691 g/mol. The van der Waals surface area contributed by atoms with Crippen molar-refractivity contribution in [2.24, 2.45) is 0 Å². The van der Waals surface area contributed by atoms with Crippen molar-refractivity contribution >= 4 is 35.0 Å². The van der Waals surface area contributed by atoms with Crippen LogP contribution in [0.1, 0.15) is 110 Å². The van der Waals surface area contributed by atoms with Gasteiger partial charge in [-0.1, -0.05) is 72.1 Å². The Balaban J connectivity index is 0.922. The van der Waals surface area contributed by atoms with Crippen LogP contribution in [0, 0.1) is 18.8 Å². The van der Waals surface area contributed by atoms with E-state index in [4.69, 9.17) is 4.74 Å². The molecule has 0 radical (unpaired) electrons. The fourth-order valence-corrected chi connectivity index (χ4v) is 8.60. The van der Waals surface area contributed by atoms with Gasteiger partial charge in [0.1, 0.15) is 12.1 Å². The number of carbonyl (C=O) groups excluding carboxylic acids is 4. The van der Waals surface area contributed by atoms with E-state index < -0.39 is 29.7 Å². The Hall–Kier alpha value is -5.71. The van der Waals surface area contributed by atoms with Crippen molar-refractivity contribution in [1.29, 1.82) is 0 Å². The van der Waals surface area contributed by atoms with Gasteiger partial charge in [-0.25, -0.2) is 0 Å². The number of nitrogens with zero attached hydrogens (tertiary/aromatic N) is 5. The lowest BCUT2D eigenvalue weighted by Gasteiger charge is -2.27. The Morgan fingerprint density at radius 1 is 1.02 bits per heavy atom. The molecule has 8 rings (SSSR count). The summed E-state index contributed by atoms with van der Waals surface area (Å²) >= 11 is 1.67. The Kier molecular flexibility index (Phi) is 9.32. The van der Waals surface area contributed by atoms with Gasteiger partial charge < -0.3 is 4.74 Å². The number of rotatable bonds is 9. The second-order valence-corrected chi connectivity index (χ2v) is 14.7. The smallest absolute Gasteiger partial charge is 0.311 e. The standard InChI is InChI=1S/C40H37N7O5S/c1-24-36-44-43-25(2)46(36)40-31(23-52-24)30(20-26-10-5-3-6-11-26)33(53-40)17-15-27-21-41-45(22-27)19-8-4-7-12-28-13-9-14-29-35(28)39(51)47(38(29)50)32-16-18-34(48)42-37(32)49/h3,5-6,9-11,13-14,21-22,24,32H,4,7-8,12,16,18-20,23H2,1-2H3,(H,42,48,49)/p+1/t24-,32?/m0/s1. The van der Waals surface area contributed by atoms with Crippen LogP contribution >= 0.6 is 11.3 Å². The topological polar surface area (TPSA) is 143 Å². The van der Waals surface area contributed by atoms with Crippen LogP contribution in [0.2, 0.25) is 0 Å². The second kappa shape index (κ2) is 14.4. The van der Waals surface area contributed by atoms with E-state index in [1.807, 2.05) is 36.9 Å². The van der Waals surface area contributed by atoms with Crippen LogP contribution in [0.4, 0.5) is 0 Å². The highest BCUT2D eigenvalue weighted by molar-refractivity contribution is 7.15. The first kappa shape index (κ1) is 34.4. The summed E-state index contributed by atoms with van der Waals surface area (Å²) in [5, 5.41) is 15.6. The third-order valence-corrected chi connectivity index (χ3v) is 11.3. The van der Waals surface area contributed by atoms with Crippen molar-refractivity contribution in [3.63, 3.8) is 0 Å². The molecule has 1 fully saturated rings. The molecule has 12 nitrogen and oxygen atoms in total. The molecule has 0 aliphatic carbocycles. The number of hydrogen-bond donors (Lipinski definition) is 2. The molecule has 5 aromatic rings. The summed E-state index contributed by atoms with van der Waals surface area (Å²) in [6.45, 7) is 5.25. The van der Waals surface area contributed by atoms with Crippen LogP contribution in [0.5, 0.6) is 0 Å². The maximum Gasteiger partial charge on any atom is 0.311 e. The van der Waals surface area contributed by atoms with Gasteiger partial charge in [-0.2, -0.15) is 9.67 Å². The molecule has 4 amide bonds. The number of aromatic amines is 1. The third kappa shape index (κ3) is 6.60. The number of nitrogens with one attached hydrogen (secondary N) is 2. The number of hydrogen-bond acceptors (Lipinski definition) is 8. The minimum atomic E-state index is -0.972. The molecule has 2 atom stereocenters. The number of aryl methyl sites for hydroxylation is 3. The van der Waals surface area contributed by atoms with Crippen molar-refractivity contribution in [3.8, 4) is 16.8 Å².